The van der Waals surface area contributed by atoms with Crippen molar-refractivity contribution in [1.29, 1.82) is 0 Å². The summed E-state index contributed by atoms with van der Waals surface area (Å²) in [5.41, 5.74) is 2.76. The number of aryl methyl sites for hydroxylation is 3. The number of amides is 1. The van der Waals surface area contributed by atoms with Crippen LogP contribution in [0.3, 0.4) is 0 Å². The summed E-state index contributed by atoms with van der Waals surface area (Å²) in [5, 5.41) is 8.38. The third-order valence-corrected chi connectivity index (χ3v) is 3.21. The maximum atomic E-state index is 10.8. The Kier molecular flexibility index (Phi) is 7.95. The highest BCUT2D eigenvalue weighted by Gasteiger charge is 2.11. The molecule has 0 saturated carbocycles. The number of hydrogen-bond acceptors (Lipinski definition) is 4. The maximum Gasteiger partial charge on any atom is 0.243 e. The molecule has 114 valence electrons. The molecule has 0 atom stereocenters. The molecule has 1 aromatic heterocycles. The molecule has 0 aliphatic carbocycles. The van der Waals surface area contributed by atoms with Gasteiger partial charge in [-0.1, -0.05) is 26.7 Å². The van der Waals surface area contributed by atoms with Crippen molar-refractivity contribution in [2.75, 3.05) is 0 Å². The SMILES string of the molecule is CCCc1nc(CCCCCC(=O)NO)oc1CCC. The first-order valence-corrected chi connectivity index (χ1v) is 7.61. The van der Waals surface area contributed by atoms with Crippen molar-refractivity contribution in [2.24, 2.45) is 0 Å². The Morgan fingerprint density at radius 2 is 1.90 bits per heavy atom. The maximum absolute atomic E-state index is 10.8. The van der Waals surface area contributed by atoms with Crippen LogP contribution in [-0.4, -0.2) is 16.1 Å². The summed E-state index contributed by atoms with van der Waals surface area (Å²) in [6, 6.07) is 0. The fraction of sp³-hybridized carbons (Fsp3) is 0.733. The molecule has 1 rings (SSSR count). The summed E-state index contributed by atoms with van der Waals surface area (Å²) in [4.78, 5) is 15.4. The summed E-state index contributed by atoms with van der Waals surface area (Å²) in [7, 11) is 0. The van der Waals surface area contributed by atoms with Crippen LogP contribution >= 0.6 is 0 Å². The monoisotopic (exact) mass is 282 g/mol. The van der Waals surface area contributed by atoms with Crippen LogP contribution < -0.4 is 5.48 Å². The van der Waals surface area contributed by atoms with Crippen LogP contribution in [0.15, 0.2) is 4.42 Å². The van der Waals surface area contributed by atoms with E-state index in [9.17, 15) is 4.79 Å². The lowest BCUT2D eigenvalue weighted by molar-refractivity contribution is -0.129. The second-order valence-electron chi connectivity index (χ2n) is 5.07. The number of unbranched alkanes of at least 4 members (excludes halogenated alkanes) is 2. The van der Waals surface area contributed by atoms with Crippen LogP contribution in [0.25, 0.3) is 0 Å². The van der Waals surface area contributed by atoms with Gasteiger partial charge in [-0.2, -0.15) is 0 Å². The third kappa shape index (κ3) is 5.74. The molecule has 0 spiro atoms. The number of aromatic nitrogens is 1. The average Bonchev–Trinajstić information content (AvgIpc) is 2.81. The predicted octanol–water partition coefficient (Wildman–Crippen LogP) is 3.19. The minimum Gasteiger partial charge on any atom is -0.445 e. The number of oxazole rings is 1. The fourth-order valence-corrected chi connectivity index (χ4v) is 2.19. The van der Waals surface area contributed by atoms with Gasteiger partial charge in [0.15, 0.2) is 5.89 Å². The van der Waals surface area contributed by atoms with Gasteiger partial charge >= 0.3 is 0 Å². The van der Waals surface area contributed by atoms with Crippen molar-refractivity contribution in [1.82, 2.24) is 10.5 Å². The van der Waals surface area contributed by atoms with E-state index in [1.54, 1.807) is 5.48 Å². The zero-order chi connectivity index (χ0) is 14.8. The van der Waals surface area contributed by atoms with E-state index in [1.807, 2.05) is 0 Å². The second kappa shape index (κ2) is 9.53. The largest absolute Gasteiger partial charge is 0.445 e. The molecule has 0 aromatic carbocycles. The minimum absolute atomic E-state index is 0.323. The highest BCUT2D eigenvalue weighted by Crippen LogP contribution is 2.17. The molecule has 0 aliphatic rings. The van der Waals surface area contributed by atoms with Crippen molar-refractivity contribution in [3.8, 4) is 0 Å². The predicted molar refractivity (Wildman–Crippen MR) is 76.6 cm³/mol. The normalized spacial score (nSPS) is 10.8. The first-order valence-electron chi connectivity index (χ1n) is 7.61. The van der Waals surface area contributed by atoms with Crippen LogP contribution in [-0.2, 0) is 24.1 Å². The van der Waals surface area contributed by atoms with Gasteiger partial charge in [-0.15, -0.1) is 0 Å². The Morgan fingerprint density at radius 1 is 1.15 bits per heavy atom. The Labute approximate surface area is 120 Å². The number of nitrogens with one attached hydrogen (secondary N) is 1. The van der Waals surface area contributed by atoms with Gasteiger partial charge in [0.05, 0.1) is 5.69 Å². The molecule has 0 unspecified atom stereocenters. The minimum atomic E-state index is -0.323. The first-order chi connectivity index (χ1) is 9.71. The van der Waals surface area contributed by atoms with Crippen LogP contribution in [0.4, 0.5) is 0 Å². The van der Waals surface area contributed by atoms with Gasteiger partial charge in [0.1, 0.15) is 5.76 Å². The lowest BCUT2D eigenvalue weighted by Gasteiger charge is -1.98. The molecule has 0 saturated heterocycles. The molecule has 2 N–H and O–H groups in total. The lowest BCUT2D eigenvalue weighted by Crippen LogP contribution is -2.17. The number of hydroxylamine groups is 1. The molecular formula is C15H26N2O3. The van der Waals surface area contributed by atoms with Gasteiger partial charge in [0.2, 0.25) is 5.91 Å². The van der Waals surface area contributed by atoms with E-state index in [4.69, 9.17) is 9.62 Å². The van der Waals surface area contributed by atoms with Crippen LogP contribution in [0.1, 0.15) is 69.7 Å². The van der Waals surface area contributed by atoms with Crippen molar-refractivity contribution in [2.45, 2.75) is 71.6 Å². The van der Waals surface area contributed by atoms with Crippen molar-refractivity contribution < 1.29 is 14.4 Å². The molecule has 20 heavy (non-hydrogen) atoms. The summed E-state index contributed by atoms with van der Waals surface area (Å²) >= 11 is 0. The van der Waals surface area contributed by atoms with Crippen molar-refractivity contribution in [3.63, 3.8) is 0 Å². The summed E-state index contributed by atoms with van der Waals surface area (Å²) in [6.07, 6.45) is 7.94. The Balaban J connectivity index is 2.36. The zero-order valence-corrected chi connectivity index (χ0v) is 12.6. The molecule has 0 fully saturated rings. The van der Waals surface area contributed by atoms with Crippen LogP contribution in [0.5, 0.6) is 0 Å². The molecule has 1 amide bonds. The second-order valence-corrected chi connectivity index (χ2v) is 5.07. The Bertz CT molecular complexity index is 378. The van der Waals surface area contributed by atoms with E-state index in [0.717, 1.165) is 68.7 Å². The van der Waals surface area contributed by atoms with Gasteiger partial charge in [0.25, 0.3) is 0 Å². The van der Waals surface area contributed by atoms with E-state index < -0.39 is 0 Å². The summed E-state index contributed by atoms with van der Waals surface area (Å²) in [5.74, 6) is 1.55. The van der Waals surface area contributed by atoms with Gasteiger partial charge < -0.3 is 4.42 Å². The van der Waals surface area contributed by atoms with Crippen LogP contribution in [0, 0.1) is 0 Å². The number of carbonyl (C=O) groups excluding carboxylic acids is 1. The lowest BCUT2D eigenvalue weighted by atomic mass is 10.1. The van der Waals surface area contributed by atoms with E-state index >= 15 is 0 Å². The van der Waals surface area contributed by atoms with E-state index in [2.05, 4.69) is 18.8 Å². The molecule has 5 nitrogen and oxygen atoms in total. The molecule has 0 bridgehead atoms. The standard InChI is InChI=1S/C15H26N2O3/c1-3-8-12-13(9-4-2)20-15(16-12)11-7-5-6-10-14(18)17-19/h19H,3-11H2,1-2H3,(H,17,18). The Morgan fingerprint density at radius 3 is 2.55 bits per heavy atom. The number of nitrogens with zero attached hydrogens (tertiary/aromatic N) is 1. The summed E-state index contributed by atoms with van der Waals surface area (Å²) < 4.78 is 5.83. The van der Waals surface area contributed by atoms with Crippen LogP contribution in [0.2, 0.25) is 0 Å². The highest BCUT2D eigenvalue weighted by molar-refractivity contribution is 5.74. The molecular weight excluding hydrogens is 256 g/mol. The molecule has 0 radical (unpaired) electrons. The van der Waals surface area contributed by atoms with Gasteiger partial charge in [0, 0.05) is 19.3 Å². The van der Waals surface area contributed by atoms with Gasteiger partial charge in [-0.3, -0.25) is 10.0 Å². The zero-order valence-electron chi connectivity index (χ0n) is 12.6. The van der Waals surface area contributed by atoms with E-state index in [0.29, 0.717) is 6.42 Å². The number of rotatable bonds is 10. The topological polar surface area (TPSA) is 75.4 Å². The fourth-order valence-electron chi connectivity index (χ4n) is 2.19. The molecule has 1 heterocycles. The smallest absolute Gasteiger partial charge is 0.243 e. The van der Waals surface area contributed by atoms with E-state index in [-0.39, 0.29) is 5.91 Å². The average molecular weight is 282 g/mol. The quantitative estimate of drug-likeness (QED) is 0.392. The third-order valence-electron chi connectivity index (χ3n) is 3.21. The van der Waals surface area contributed by atoms with E-state index in [1.165, 1.54) is 0 Å². The van der Waals surface area contributed by atoms with Gasteiger partial charge in [-0.05, 0) is 25.7 Å². The highest BCUT2D eigenvalue weighted by atomic mass is 16.5. The first kappa shape index (κ1) is 16.7. The van der Waals surface area contributed by atoms with Crippen molar-refractivity contribution in [3.05, 3.63) is 17.3 Å². The number of carbonyl (C=O) groups is 1. The molecule has 1 aromatic rings. The van der Waals surface area contributed by atoms with Crippen molar-refractivity contribution >= 4 is 5.91 Å². The van der Waals surface area contributed by atoms with Gasteiger partial charge in [-0.25, -0.2) is 10.5 Å². The Hall–Kier alpha value is -1.36. The molecule has 5 heteroatoms. The number of hydrogen-bond donors (Lipinski definition) is 2. The summed E-state index contributed by atoms with van der Waals surface area (Å²) in [6.45, 7) is 4.29. The molecule has 0 aliphatic heterocycles.